The van der Waals surface area contributed by atoms with Gasteiger partial charge in [-0.1, -0.05) is 32.9 Å². The highest BCUT2D eigenvalue weighted by molar-refractivity contribution is 7.12. The third-order valence-corrected chi connectivity index (χ3v) is 4.97. The lowest BCUT2D eigenvalue weighted by Crippen LogP contribution is -2.07. The van der Waals surface area contributed by atoms with Crippen molar-refractivity contribution in [3.05, 3.63) is 51.2 Å². The Kier molecular flexibility index (Phi) is 4.00. The summed E-state index contributed by atoms with van der Waals surface area (Å²) in [5, 5.41) is 3.55. The topological polar surface area (TPSA) is 12.0 Å². The summed E-state index contributed by atoms with van der Waals surface area (Å²) < 4.78 is 0. The summed E-state index contributed by atoms with van der Waals surface area (Å²) in [5.74, 6) is 0. The molecule has 0 fully saturated rings. The van der Waals surface area contributed by atoms with Gasteiger partial charge >= 0.3 is 0 Å². The second-order valence-corrected chi connectivity index (χ2v) is 7.29. The summed E-state index contributed by atoms with van der Waals surface area (Å²) in [6.45, 7) is 12.0. The average molecular weight is 273 g/mol. The van der Waals surface area contributed by atoms with E-state index in [0.717, 1.165) is 6.54 Å². The third kappa shape index (κ3) is 3.38. The van der Waals surface area contributed by atoms with E-state index < -0.39 is 0 Å². The Morgan fingerprint density at radius 2 is 1.79 bits per heavy atom. The van der Waals surface area contributed by atoms with E-state index in [2.05, 4.69) is 70.3 Å². The SMILES string of the molecule is Cc1cccc(NCc2ccc(C(C)(C)C)s2)c1C. The molecule has 0 aliphatic carbocycles. The van der Waals surface area contributed by atoms with Crippen LogP contribution >= 0.6 is 11.3 Å². The number of thiophene rings is 1. The van der Waals surface area contributed by atoms with Crippen LogP contribution in [0.1, 0.15) is 41.7 Å². The first-order valence-electron chi connectivity index (χ1n) is 6.77. The van der Waals surface area contributed by atoms with Gasteiger partial charge in [0.15, 0.2) is 0 Å². The van der Waals surface area contributed by atoms with Crippen LogP contribution < -0.4 is 5.32 Å². The van der Waals surface area contributed by atoms with Crippen molar-refractivity contribution in [3.8, 4) is 0 Å². The molecule has 0 unspecified atom stereocenters. The normalized spacial score (nSPS) is 11.6. The maximum absolute atomic E-state index is 3.55. The van der Waals surface area contributed by atoms with Crippen molar-refractivity contribution in [2.75, 3.05) is 5.32 Å². The summed E-state index contributed by atoms with van der Waals surface area (Å²) in [7, 11) is 0. The molecule has 0 radical (unpaired) electrons. The Balaban J connectivity index is 2.07. The number of aryl methyl sites for hydroxylation is 1. The third-order valence-electron chi connectivity index (χ3n) is 3.46. The molecule has 0 spiro atoms. The van der Waals surface area contributed by atoms with Crippen LogP contribution in [0.2, 0.25) is 0 Å². The lowest BCUT2D eigenvalue weighted by Gasteiger charge is -2.15. The number of benzene rings is 1. The summed E-state index contributed by atoms with van der Waals surface area (Å²) in [6.07, 6.45) is 0. The molecule has 1 heterocycles. The summed E-state index contributed by atoms with van der Waals surface area (Å²) in [6, 6.07) is 10.9. The number of anilines is 1. The van der Waals surface area contributed by atoms with Gasteiger partial charge in [0, 0.05) is 22.0 Å². The minimum absolute atomic E-state index is 0.252. The molecule has 0 aliphatic heterocycles. The van der Waals surface area contributed by atoms with Gasteiger partial charge in [0.1, 0.15) is 0 Å². The fraction of sp³-hybridized carbons (Fsp3) is 0.412. The molecule has 0 bridgehead atoms. The highest BCUT2D eigenvalue weighted by atomic mass is 32.1. The molecule has 2 aromatic rings. The van der Waals surface area contributed by atoms with E-state index in [0.29, 0.717) is 0 Å². The number of nitrogens with one attached hydrogen (secondary N) is 1. The highest BCUT2D eigenvalue weighted by Gasteiger charge is 2.15. The summed E-state index contributed by atoms with van der Waals surface area (Å²) in [4.78, 5) is 2.84. The predicted octanol–water partition coefficient (Wildman–Crippen LogP) is 5.27. The molecule has 0 saturated heterocycles. The van der Waals surface area contributed by atoms with Crippen LogP contribution in [0, 0.1) is 13.8 Å². The van der Waals surface area contributed by atoms with Crippen LogP contribution in [0.15, 0.2) is 30.3 Å². The Morgan fingerprint density at radius 3 is 2.42 bits per heavy atom. The zero-order valence-electron chi connectivity index (χ0n) is 12.5. The van der Waals surface area contributed by atoms with Gasteiger partial charge in [0.05, 0.1) is 0 Å². The van der Waals surface area contributed by atoms with Gasteiger partial charge in [-0.25, -0.2) is 0 Å². The number of rotatable bonds is 3. The van der Waals surface area contributed by atoms with Crippen molar-refractivity contribution < 1.29 is 0 Å². The Morgan fingerprint density at radius 1 is 1.05 bits per heavy atom. The van der Waals surface area contributed by atoms with E-state index in [9.17, 15) is 0 Å². The maximum Gasteiger partial charge on any atom is 0.0494 e. The molecule has 0 saturated carbocycles. The summed E-state index contributed by atoms with van der Waals surface area (Å²) >= 11 is 1.91. The van der Waals surface area contributed by atoms with Crippen LogP contribution in [0.4, 0.5) is 5.69 Å². The van der Waals surface area contributed by atoms with Crippen LogP contribution in [0.25, 0.3) is 0 Å². The van der Waals surface area contributed by atoms with Crippen LogP contribution in [0.3, 0.4) is 0 Å². The van der Waals surface area contributed by atoms with Gasteiger partial charge in [-0.3, -0.25) is 0 Å². The highest BCUT2D eigenvalue weighted by Crippen LogP contribution is 2.30. The van der Waals surface area contributed by atoms with E-state index >= 15 is 0 Å². The first kappa shape index (κ1) is 14.1. The minimum Gasteiger partial charge on any atom is -0.380 e. The second-order valence-electron chi connectivity index (χ2n) is 6.12. The molecule has 1 aromatic heterocycles. The van der Waals surface area contributed by atoms with Crippen molar-refractivity contribution in [1.29, 1.82) is 0 Å². The Labute approximate surface area is 120 Å². The molecule has 1 nitrogen and oxygen atoms in total. The Hall–Kier alpha value is -1.28. The molecule has 0 amide bonds. The van der Waals surface area contributed by atoms with E-state index in [1.165, 1.54) is 26.6 Å². The largest absolute Gasteiger partial charge is 0.380 e. The van der Waals surface area contributed by atoms with Crippen molar-refractivity contribution >= 4 is 17.0 Å². The fourth-order valence-corrected chi connectivity index (χ4v) is 3.01. The maximum atomic E-state index is 3.55. The smallest absolute Gasteiger partial charge is 0.0494 e. The first-order chi connectivity index (χ1) is 8.88. The lowest BCUT2D eigenvalue weighted by molar-refractivity contribution is 0.604. The van der Waals surface area contributed by atoms with E-state index in [4.69, 9.17) is 0 Å². The molecule has 2 heteroatoms. The van der Waals surface area contributed by atoms with Crippen LogP contribution in [-0.2, 0) is 12.0 Å². The molecular weight excluding hydrogens is 250 g/mol. The number of hydrogen-bond donors (Lipinski definition) is 1. The van der Waals surface area contributed by atoms with E-state index in [1.807, 2.05) is 11.3 Å². The van der Waals surface area contributed by atoms with Gasteiger partial charge < -0.3 is 5.32 Å². The van der Waals surface area contributed by atoms with Crippen molar-refractivity contribution in [3.63, 3.8) is 0 Å². The van der Waals surface area contributed by atoms with Gasteiger partial charge in [0.2, 0.25) is 0 Å². The van der Waals surface area contributed by atoms with E-state index in [1.54, 1.807) is 0 Å². The predicted molar refractivity (Wildman–Crippen MR) is 86.3 cm³/mol. The van der Waals surface area contributed by atoms with Gasteiger partial charge in [-0.15, -0.1) is 11.3 Å². The minimum atomic E-state index is 0.252. The Bertz CT molecular complexity index is 561. The van der Waals surface area contributed by atoms with E-state index in [-0.39, 0.29) is 5.41 Å². The van der Waals surface area contributed by atoms with Crippen LogP contribution in [0.5, 0.6) is 0 Å². The molecule has 0 atom stereocenters. The van der Waals surface area contributed by atoms with Gasteiger partial charge in [-0.2, -0.15) is 0 Å². The quantitative estimate of drug-likeness (QED) is 0.802. The zero-order chi connectivity index (χ0) is 14.0. The second kappa shape index (κ2) is 5.38. The summed E-state index contributed by atoms with van der Waals surface area (Å²) in [5.41, 5.74) is 4.18. The molecule has 1 aromatic carbocycles. The van der Waals surface area contributed by atoms with Crippen molar-refractivity contribution in [1.82, 2.24) is 0 Å². The standard InChI is InChI=1S/C17H23NS/c1-12-7-6-8-15(13(12)2)18-11-14-9-10-16(19-14)17(3,4)5/h6-10,18H,11H2,1-5H3. The zero-order valence-corrected chi connectivity index (χ0v) is 13.3. The van der Waals surface area contributed by atoms with Crippen LogP contribution in [-0.4, -0.2) is 0 Å². The van der Waals surface area contributed by atoms with Crippen molar-refractivity contribution in [2.24, 2.45) is 0 Å². The fourth-order valence-electron chi connectivity index (χ4n) is 2.00. The molecule has 1 N–H and O–H groups in total. The molecule has 19 heavy (non-hydrogen) atoms. The average Bonchev–Trinajstić information content (AvgIpc) is 2.79. The van der Waals surface area contributed by atoms with Gasteiger partial charge in [0.25, 0.3) is 0 Å². The molecule has 2 rings (SSSR count). The number of hydrogen-bond acceptors (Lipinski definition) is 2. The monoisotopic (exact) mass is 273 g/mol. The van der Waals surface area contributed by atoms with Crippen molar-refractivity contribution in [2.45, 2.75) is 46.6 Å². The molecular formula is C17H23NS. The lowest BCUT2D eigenvalue weighted by atomic mass is 9.95. The first-order valence-corrected chi connectivity index (χ1v) is 7.59. The van der Waals surface area contributed by atoms with Gasteiger partial charge in [-0.05, 0) is 48.6 Å². The molecule has 0 aliphatic rings. The molecule has 102 valence electrons.